The van der Waals surface area contributed by atoms with Gasteiger partial charge in [-0.3, -0.25) is 4.79 Å². The van der Waals surface area contributed by atoms with Crippen LogP contribution >= 0.6 is 0 Å². The van der Waals surface area contributed by atoms with Gasteiger partial charge in [-0.1, -0.05) is 25.7 Å². The van der Waals surface area contributed by atoms with E-state index in [1.807, 2.05) is 0 Å². The molecule has 2 aliphatic carbocycles. The Morgan fingerprint density at radius 2 is 1.56 bits per heavy atom. The standard InChI is InChI=1S/C13H22N2O3/c14-9-12(5-1-2-6-12)10(16)15-13(11(17)18)7-3-4-8-13/h1-9,14H2,(H,15,16)(H,17,18). The fraction of sp³-hybridized carbons (Fsp3) is 0.846. The van der Waals surface area contributed by atoms with Crippen LogP contribution in [0.5, 0.6) is 0 Å². The fourth-order valence-corrected chi connectivity index (χ4v) is 3.30. The van der Waals surface area contributed by atoms with Crippen molar-refractivity contribution in [1.82, 2.24) is 5.32 Å². The summed E-state index contributed by atoms with van der Waals surface area (Å²) in [5.74, 6) is -1.05. The predicted octanol–water partition coefficient (Wildman–Crippen LogP) is 1.02. The van der Waals surface area contributed by atoms with Gasteiger partial charge in [-0.25, -0.2) is 4.79 Å². The molecule has 0 bridgehead atoms. The Morgan fingerprint density at radius 3 is 2.00 bits per heavy atom. The molecule has 2 rings (SSSR count). The molecule has 0 aromatic heterocycles. The Labute approximate surface area is 107 Å². The van der Waals surface area contributed by atoms with Crippen molar-refractivity contribution in [3.8, 4) is 0 Å². The van der Waals surface area contributed by atoms with E-state index in [-0.39, 0.29) is 5.91 Å². The number of hydrogen-bond acceptors (Lipinski definition) is 3. The van der Waals surface area contributed by atoms with Crippen molar-refractivity contribution in [2.45, 2.75) is 56.9 Å². The molecule has 5 nitrogen and oxygen atoms in total. The summed E-state index contributed by atoms with van der Waals surface area (Å²) in [7, 11) is 0. The molecule has 0 aromatic carbocycles. The highest BCUT2D eigenvalue weighted by atomic mass is 16.4. The molecule has 0 heterocycles. The number of rotatable bonds is 4. The molecule has 0 spiro atoms. The number of carboxylic acids is 1. The van der Waals surface area contributed by atoms with Crippen LogP contribution in [0, 0.1) is 5.41 Å². The largest absolute Gasteiger partial charge is 0.480 e. The predicted molar refractivity (Wildman–Crippen MR) is 66.9 cm³/mol. The minimum atomic E-state index is -1.04. The lowest BCUT2D eigenvalue weighted by Gasteiger charge is -2.32. The monoisotopic (exact) mass is 254 g/mol. The number of carboxylic acid groups (broad SMARTS) is 1. The molecule has 1 amide bonds. The quantitative estimate of drug-likeness (QED) is 0.698. The van der Waals surface area contributed by atoms with Gasteiger partial charge in [-0.05, 0) is 25.7 Å². The van der Waals surface area contributed by atoms with Gasteiger partial charge in [0, 0.05) is 6.54 Å². The Kier molecular flexibility index (Phi) is 3.61. The first-order valence-corrected chi connectivity index (χ1v) is 6.81. The van der Waals surface area contributed by atoms with E-state index < -0.39 is 16.9 Å². The van der Waals surface area contributed by atoms with E-state index in [9.17, 15) is 14.7 Å². The summed E-state index contributed by atoms with van der Waals surface area (Å²) >= 11 is 0. The van der Waals surface area contributed by atoms with E-state index in [0.29, 0.717) is 19.4 Å². The molecular weight excluding hydrogens is 232 g/mol. The van der Waals surface area contributed by atoms with Crippen molar-refractivity contribution in [2.75, 3.05) is 6.54 Å². The lowest BCUT2D eigenvalue weighted by atomic mass is 9.83. The van der Waals surface area contributed by atoms with Gasteiger partial charge in [0.25, 0.3) is 0 Å². The van der Waals surface area contributed by atoms with Crippen LogP contribution < -0.4 is 11.1 Å². The van der Waals surface area contributed by atoms with Gasteiger partial charge < -0.3 is 16.2 Å². The second-order valence-electron chi connectivity index (χ2n) is 5.74. The van der Waals surface area contributed by atoms with Crippen LogP contribution in [0.2, 0.25) is 0 Å². The third-order valence-electron chi connectivity index (χ3n) is 4.65. The van der Waals surface area contributed by atoms with E-state index in [4.69, 9.17) is 5.73 Å². The second-order valence-corrected chi connectivity index (χ2v) is 5.74. The molecule has 0 aromatic rings. The molecule has 2 fully saturated rings. The molecule has 0 saturated heterocycles. The van der Waals surface area contributed by atoms with Crippen molar-refractivity contribution in [1.29, 1.82) is 0 Å². The van der Waals surface area contributed by atoms with Crippen molar-refractivity contribution < 1.29 is 14.7 Å². The van der Waals surface area contributed by atoms with Crippen LogP contribution in [-0.4, -0.2) is 29.1 Å². The topological polar surface area (TPSA) is 92.4 Å². The number of carbonyl (C=O) groups excluding carboxylic acids is 1. The SMILES string of the molecule is NCC1(C(=O)NC2(C(=O)O)CCCC2)CCCC1. The molecule has 2 aliphatic rings. The number of nitrogens with one attached hydrogen (secondary N) is 1. The van der Waals surface area contributed by atoms with Gasteiger partial charge in [-0.15, -0.1) is 0 Å². The van der Waals surface area contributed by atoms with Gasteiger partial charge in [0.2, 0.25) is 5.91 Å². The summed E-state index contributed by atoms with van der Waals surface area (Å²) in [6.45, 7) is 0.314. The molecule has 0 unspecified atom stereocenters. The molecule has 0 atom stereocenters. The first-order chi connectivity index (χ1) is 8.55. The van der Waals surface area contributed by atoms with E-state index in [1.165, 1.54) is 0 Å². The maximum Gasteiger partial charge on any atom is 0.329 e. The highest BCUT2D eigenvalue weighted by molar-refractivity contribution is 5.90. The summed E-state index contributed by atoms with van der Waals surface area (Å²) < 4.78 is 0. The molecule has 4 N–H and O–H groups in total. The van der Waals surface area contributed by atoms with Crippen molar-refractivity contribution in [2.24, 2.45) is 11.1 Å². The Bertz CT molecular complexity index is 342. The molecule has 5 heteroatoms. The Balaban J connectivity index is 2.12. The lowest BCUT2D eigenvalue weighted by Crippen LogP contribution is -2.57. The van der Waals surface area contributed by atoms with E-state index in [0.717, 1.165) is 38.5 Å². The van der Waals surface area contributed by atoms with Crippen molar-refractivity contribution >= 4 is 11.9 Å². The highest BCUT2D eigenvalue weighted by Gasteiger charge is 2.47. The summed E-state index contributed by atoms with van der Waals surface area (Å²) in [5, 5.41) is 12.2. The van der Waals surface area contributed by atoms with Crippen LogP contribution in [0.1, 0.15) is 51.4 Å². The van der Waals surface area contributed by atoms with E-state index >= 15 is 0 Å². The lowest BCUT2D eigenvalue weighted by molar-refractivity contribution is -0.149. The third kappa shape index (κ3) is 2.11. The first-order valence-electron chi connectivity index (χ1n) is 6.81. The summed E-state index contributed by atoms with van der Waals surface area (Å²) in [6.07, 6.45) is 6.37. The molecule has 102 valence electrons. The second kappa shape index (κ2) is 4.88. The maximum absolute atomic E-state index is 12.4. The van der Waals surface area contributed by atoms with Crippen LogP contribution in [0.4, 0.5) is 0 Å². The average Bonchev–Trinajstić information content (AvgIpc) is 2.98. The Hall–Kier alpha value is -1.10. The Morgan fingerprint density at radius 1 is 1.06 bits per heavy atom. The zero-order valence-corrected chi connectivity index (χ0v) is 10.7. The minimum Gasteiger partial charge on any atom is -0.480 e. The third-order valence-corrected chi connectivity index (χ3v) is 4.65. The van der Waals surface area contributed by atoms with Crippen molar-refractivity contribution in [3.63, 3.8) is 0 Å². The molecule has 0 radical (unpaired) electrons. The summed E-state index contributed by atoms with van der Waals surface area (Å²) in [5.41, 5.74) is 4.19. The number of nitrogens with two attached hydrogens (primary N) is 1. The van der Waals surface area contributed by atoms with Gasteiger partial charge in [0.15, 0.2) is 0 Å². The zero-order chi connectivity index (χ0) is 13.2. The molecular formula is C13H22N2O3. The van der Waals surface area contributed by atoms with Crippen LogP contribution in [-0.2, 0) is 9.59 Å². The number of hydrogen-bond donors (Lipinski definition) is 3. The number of amides is 1. The number of carbonyl (C=O) groups is 2. The van der Waals surface area contributed by atoms with Gasteiger partial charge >= 0.3 is 5.97 Å². The van der Waals surface area contributed by atoms with E-state index in [1.54, 1.807) is 0 Å². The fourth-order valence-electron chi connectivity index (χ4n) is 3.30. The smallest absolute Gasteiger partial charge is 0.329 e. The summed E-state index contributed by atoms with van der Waals surface area (Å²) in [6, 6.07) is 0. The van der Waals surface area contributed by atoms with Gasteiger partial charge in [-0.2, -0.15) is 0 Å². The average molecular weight is 254 g/mol. The minimum absolute atomic E-state index is 0.146. The molecule has 2 saturated carbocycles. The highest BCUT2D eigenvalue weighted by Crippen LogP contribution is 2.39. The van der Waals surface area contributed by atoms with Crippen LogP contribution in [0.15, 0.2) is 0 Å². The molecule has 0 aliphatic heterocycles. The molecule has 18 heavy (non-hydrogen) atoms. The van der Waals surface area contributed by atoms with Gasteiger partial charge in [0.05, 0.1) is 5.41 Å². The number of aliphatic carboxylic acids is 1. The summed E-state index contributed by atoms with van der Waals surface area (Å²) in [4.78, 5) is 23.8. The van der Waals surface area contributed by atoms with Crippen LogP contribution in [0.25, 0.3) is 0 Å². The van der Waals surface area contributed by atoms with E-state index in [2.05, 4.69) is 5.32 Å². The van der Waals surface area contributed by atoms with Crippen molar-refractivity contribution in [3.05, 3.63) is 0 Å². The van der Waals surface area contributed by atoms with Crippen LogP contribution in [0.3, 0.4) is 0 Å². The first kappa shape index (κ1) is 13.3. The zero-order valence-electron chi connectivity index (χ0n) is 10.7. The normalized spacial score (nSPS) is 24.9. The van der Waals surface area contributed by atoms with Gasteiger partial charge in [0.1, 0.15) is 5.54 Å². The maximum atomic E-state index is 12.4.